The second-order valence-electron chi connectivity index (χ2n) is 4.67. The van der Waals surface area contributed by atoms with Crippen LogP contribution in [0, 0.1) is 11.3 Å². The van der Waals surface area contributed by atoms with Gasteiger partial charge < -0.3 is 11.1 Å². The first-order valence-electron chi connectivity index (χ1n) is 6.44. The van der Waals surface area contributed by atoms with E-state index in [-0.39, 0.29) is 12.1 Å². The minimum Gasteiger partial charge on any atom is -0.368 e. The van der Waals surface area contributed by atoms with Crippen LogP contribution in [0.1, 0.15) is 13.3 Å². The van der Waals surface area contributed by atoms with Crippen LogP contribution in [-0.4, -0.2) is 29.6 Å². The van der Waals surface area contributed by atoms with Crippen LogP contribution in [0.3, 0.4) is 0 Å². The summed E-state index contributed by atoms with van der Waals surface area (Å²) in [4.78, 5) is 23.5. The van der Waals surface area contributed by atoms with Crippen molar-refractivity contribution in [1.29, 1.82) is 5.26 Å². The maximum absolute atomic E-state index is 12.0. The van der Waals surface area contributed by atoms with Crippen LogP contribution in [0.2, 0.25) is 0 Å². The summed E-state index contributed by atoms with van der Waals surface area (Å²) >= 11 is 0. The molecule has 1 heterocycles. The largest absolute Gasteiger partial charge is 0.368 e. The molecule has 0 bridgehead atoms. The van der Waals surface area contributed by atoms with Crippen LogP contribution in [0.15, 0.2) is 35.4 Å². The van der Waals surface area contributed by atoms with Gasteiger partial charge in [0.15, 0.2) is 0 Å². The summed E-state index contributed by atoms with van der Waals surface area (Å²) in [5, 5.41) is 16.8. The number of nitrogens with one attached hydrogen (secondary N) is 1. The predicted molar refractivity (Wildman–Crippen MR) is 77.2 cm³/mol. The molecule has 1 aliphatic heterocycles. The predicted octanol–water partition coefficient (Wildman–Crippen LogP) is 0.135. The topological polar surface area (TPSA) is 112 Å². The van der Waals surface area contributed by atoms with Gasteiger partial charge in [0.1, 0.15) is 17.8 Å². The molecule has 2 amide bonds. The average molecular weight is 285 g/mol. The van der Waals surface area contributed by atoms with Crippen LogP contribution in [-0.2, 0) is 9.59 Å². The highest BCUT2D eigenvalue weighted by Gasteiger charge is 2.35. The van der Waals surface area contributed by atoms with Crippen LogP contribution in [0.5, 0.6) is 0 Å². The van der Waals surface area contributed by atoms with Crippen molar-refractivity contribution in [2.75, 3.05) is 5.01 Å². The Bertz CT molecular complexity index is 620. The molecule has 1 aromatic carbocycles. The lowest BCUT2D eigenvalue weighted by Gasteiger charge is -2.20. The molecule has 108 valence electrons. The van der Waals surface area contributed by atoms with Crippen LogP contribution < -0.4 is 16.1 Å². The van der Waals surface area contributed by atoms with E-state index in [2.05, 4.69) is 10.4 Å². The van der Waals surface area contributed by atoms with E-state index >= 15 is 0 Å². The minimum absolute atomic E-state index is 0.119. The van der Waals surface area contributed by atoms with Crippen LogP contribution >= 0.6 is 0 Å². The summed E-state index contributed by atoms with van der Waals surface area (Å²) in [5.41, 5.74) is 6.24. The molecule has 2 atom stereocenters. The third-order valence-electron chi connectivity index (χ3n) is 3.06. The number of nitrogens with two attached hydrogens (primary N) is 1. The van der Waals surface area contributed by atoms with E-state index in [4.69, 9.17) is 11.0 Å². The number of primary amides is 1. The number of hydrogen-bond donors (Lipinski definition) is 2. The Hall–Kier alpha value is -2.88. The van der Waals surface area contributed by atoms with Gasteiger partial charge in [-0.25, -0.2) is 0 Å². The Balaban J connectivity index is 2.24. The normalized spacial score (nSPS) is 18.6. The Morgan fingerprint density at radius 3 is 2.71 bits per heavy atom. The molecule has 7 nitrogen and oxygen atoms in total. The monoisotopic (exact) mass is 285 g/mol. The van der Waals surface area contributed by atoms with Gasteiger partial charge in [-0.3, -0.25) is 14.6 Å². The van der Waals surface area contributed by atoms with Crippen molar-refractivity contribution in [3.63, 3.8) is 0 Å². The maximum atomic E-state index is 12.0. The standard InChI is InChI=1S/C14H15N5O2/c1-9(8-15)17-14(21)11-7-12(13(16)20)19(18-11)10-5-3-2-4-6-10/h2-6,9,12H,7H2,1H3,(H2,16,20)(H,17,21)/t9-,12-/m0/s1. The molecule has 2 rings (SSSR count). The lowest BCUT2D eigenvalue weighted by atomic mass is 10.1. The van der Waals surface area contributed by atoms with Crippen molar-refractivity contribution < 1.29 is 9.59 Å². The number of carbonyl (C=O) groups excluding carboxylic acids is 2. The summed E-state index contributed by atoms with van der Waals surface area (Å²) in [5.74, 6) is -1.02. The summed E-state index contributed by atoms with van der Waals surface area (Å²) in [6, 6.07) is 9.57. The molecule has 1 aliphatic rings. The number of nitrogens with zero attached hydrogens (tertiary/aromatic N) is 3. The first-order valence-corrected chi connectivity index (χ1v) is 6.44. The molecule has 0 aliphatic carbocycles. The first-order chi connectivity index (χ1) is 10.0. The summed E-state index contributed by atoms with van der Waals surface area (Å²) < 4.78 is 0. The second kappa shape index (κ2) is 6.05. The molecule has 3 N–H and O–H groups in total. The van der Waals surface area contributed by atoms with Crippen molar-refractivity contribution in [3.8, 4) is 6.07 Å². The molecule has 0 aromatic heterocycles. The van der Waals surface area contributed by atoms with Gasteiger partial charge in [-0.2, -0.15) is 10.4 Å². The van der Waals surface area contributed by atoms with Crippen molar-refractivity contribution in [2.24, 2.45) is 10.8 Å². The number of carbonyl (C=O) groups is 2. The van der Waals surface area contributed by atoms with E-state index in [1.54, 1.807) is 31.2 Å². The molecular weight excluding hydrogens is 270 g/mol. The van der Waals surface area contributed by atoms with Gasteiger partial charge in [0.2, 0.25) is 5.91 Å². The Morgan fingerprint density at radius 1 is 1.48 bits per heavy atom. The molecule has 0 unspecified atom stereocenters. The Morgan fingerprint density at radius 2 is 2.14 bits per heavy atom. The van der Waals surface area contributed by atoms with E-state index in [9.17, 15) is 9.59 Å². The molecule has 0 fully saturated rings. The van der Waals surface area contributed by atoms with Crippen molar-refractivity contribution in [2.45, 2.75) is 25.4 Å². The lowest BCUT2D eigenvalue weighted by molar-refractivity contribution is -0.119. The number of anilines is 1. The number of benzene rings is 1. The Labute approximate surface area is 122 Å². The molecule has 1 aromatic rings. The van der Waals surface area contributed by atoms with E-state index in [1.807, 2.05) is 12.1 Å². The highest BCUT2D eigenvalue weighted by atomic mass is 16.2. The number of rotatable bonds is 4. The van der Waals surface area contributed by atoms with E-state index in [0.717, 1.165) is 0 Å². The van der Waals surface area contributed by atoms with Crippen molar-refractivity contribution >= 4 is 23.2 Å². The number of para-hydroxylation sites is 1. The average Bonchev–Trinajstić information content (AvgIpc) is 2.93. The smallest absolute Gasteiger partial charge is 0.268 e. The summed E-state index contributed by atoms with van der Waals surface area (Å²) in [6.45, 7) is 1.56. The highest BCUT2D eigenvalue weighted by molar-refractivity contribution is 6.40. The van der Waals surface area contributed by atoms with E-state index < -0.39 is 23.9 Å². The number of hydrazone groups is 1. The zero-order valence-corrected chi connectivity index (χ0v) is 11.5. The van der Waals surface area contributed by atoms with Gasteiger partial charge in [0.25, 0.3) is 5.91 Å². The van der Waals surface area contributed by atoms with Gasteiger partial charge >= 0.3 is 0 Å². The first kappa shape index (κ1) is 14.5. The molecule has 0 spiro atoms. The van der Waals surface area contributed by atoms with Crippen molar-refractivity contribution in [1.82, 2.24) is 5.32 Å². The van der Waals surface area contributed by atoms with Gasteiger partial charge in [-0.05, 0) is 19.1 Å². The van der Waals surface area contributed by atoms with E-state index in [0.29, 0.717) is 5.69 Å². The minimum atomic E-state index is -0.703. The van der Waals surface area contributed by atoms with Gasteiger partial charge in [0, 0.05) is 6.42 Å². The molecule has 0 radical (unpaired) electrons. The fraction of sp³-hybridized carbons (Fsp3) is 0.286. The zero-order valence-electron chi connectivity index (χ0n) is 11.5. The molecule has 7 heteroatoms. The summed E-state index contributed by atoms with van der Waals surface area (Å²) in [7, 11) is 0. The molecule has 0 saturated carbocycles. The SMILES string of the molecule is C[C@@H](C#N)NC(=O)C1=NN(c2ccccc2)[C@H](C(N)=O)C1. The fourth-order valence-corrected chi connectivity index (χ4v) is 2.00. The Kier molecular flexibility index (Phi) is 4.18. The lowest BCUT2D eigenvalue weighted by Crippen LogP contribution is -2.40. The van der Waals surface area contributed by atoms with Gasteiger partial charge in [0.05, 0.1) is 11.8 Å². The summed E-state index contributed by atoms with van der Waals surface area (Å²) in [6.07, 6.45) is 0.119. The molecular formula is C14H15N5O2. The maximum Gasteiger partial charge on any atom is 0.268 e. The second-order valence-corrected chi connectivity index (χ2v) is 4.67. The quantitative estimate of drug-likeness (QED) is 0.819. The molecule has 21 heavy (non-hydrogen) atoms. The number of nitriles is 1. The zero-order chi connectivity index (χ0) is 15.4. The third kappa shape index (κ3) is 3.17. The van der Waals surface area contributed by atoms with Crippen LogP contribution in [0.4, 0.5) is 5.69 Å². The van der Waals surface area contributed by atoms with Crippen molar-refractivity contribution in [3.05, 3.63) is 30.3 Å². The third-order valence-corrected chi connectivity index (χ3v) is 3.06. The van der Waals surface area contributed by atoms with Crippen LogP contribution in [0.25, 0.3) is 0 Å². The van der Waals surface area contributed by atoms with E-state index in [1.165, 1.54) is 5.01 Å². The fourth-order valence-electron chi connectivity index (χ4n) is 2.00. The highest BCUT2D eigenvalue weighted by Crippen LogP contribution is 2.24. The number of hydrogen-bond acceptors (Lipinski definition) is 5. The van der Waals surface area contributed by atoms with Gasteiger partial charge in [-0.1, -0.05) is 18.2 Å². The molecule has 0 saturated heterocycles. The van der Waals surface area contributed by atoms with Gasteiger partial charge in [-0.15, -0.1) is 0 Å². The number of amides is 2.